The summed E-state index contributed by atoms with van der Waals surface area (Å²) in [6.45, 7) is 0.706. The predicted octanol–water partition coefficient (Wildman–Crippen LogP) is 3.88. The molecule has 0 bridgehead atoms. The van der Waals surface area contributed by atoms with E-state index in [0.29, 0.717) is 17.9 Å². The lowest BCUT2D eigenvalue weighted by atomic mass is 10.1. The van der Waals surface area contributed by atoms with Crippen LogP contribution in [0.25, 0.3) is 21.8 Å². The Morgan fingerprint density at radius 2 is 1.52 bits per heavy atom. The fraction of sp³-hybridized carbons (Fsp3) is 0.0800. The van der Waals surface area contributed by atoms with Gasteiger partial charge in [0.15, 0.2) is 11.5 Å². The van der Waals surface area contributed by atoms with Crippen LogP contribution in [0, 0.1) is 0 Å². The van der Waals surface area contributed by atoms with Crippen LogP contribution >= 0.6 is 0 Å². The highest BCUT2D eigenvalue weighted by atomic mass is 16.5. The average molecular weight is 440 g/mol. The minimum Gasteiger partial charge on any atom is -0.359 e. The van der Waals surface area contributed by atoms with E-state index in [-0.39, 0.29) is 18.1 Å². The van der Waals surface area contributed by atoms with E-state index in [1.165, 1.54) is 0 Å². The van der Waals surface area contributed by atoms with E-state index in [0.717, 1.165) is 27.4 Å². The standard InChI is InChI=1S/C25H20N4O4/c30-24(27-32)17-11-9-16(10-12-17)14-26-25(31)21-13-18(33-28-21)15-29-22-7-3-1-5-19(22)20-6-2-4-8-23(20)29/h1-13,32H,14-15H2,(H,26,31)(H,27,30). The maximum absolute atomic E-state index is 12.5. The Morgan fingerprint density at radius 1 is 0.879 bits per heavy atom. The van der Waals surface area contributed by atoms with Gasteiger partial charge in [-0.1, -0.05) is 53.7 Å². The maximum Gasteiger partial charge on any atom is 0.274 e. The highest BCUT2D eigenvalue weighted by molar-refractivity contribution is 6.08. The van der Waals surface area contributed by atoms with Crippen molar-refractivity contribution in [3.8, 4) is 0 Å². The first kappa shape index (κ1) is 20.5. The zero-order chi connectivity index (χ0) is 22.8. The van der Waals surface area contributed by atoms with Crippen LogP contribution in [0.4, 0.5) is 0 Å². The van der Waals surface area contributed by atoms with Crippen LogP contribution in [0.2, 0.25) is 0 Å². The Bertz CT molecular complexity index is 1410. The molecule has 5 rings (SSSR count). The van der Waals surface area contributed by atoms with Gasteiger partial charge in [0.1, 0.15) is 0 Å². The van der Waals surface area contributed by atoms with Crippen LogP contribution in [-0.4, -0.2) is 26.7 Å². The minimum atomic E-state index is -0.594. The Balaban J connectivity index is 1.30. The molecule has 2 amide bonds. The van der Waals surface area contributed by atoms with Gasteiger partial charge in [-0.05, 0) is 29.8 Å². The molecule has 164 valence electrons. The molecule has 33 heavy (non-hydrogen) atoms. The fourth-order valence-electron chi connectivity index (χ4n) is 3.94. The van der Waals surface area contributed by atoms with Crippen molar-refractivity contribution in [3.63, 3.8) is 0 Å². The van der Waals surface area contributed by atoms with E-state index in [4.69, 9.17) is 9.73 Å². The summed E-state index contributed by atoms with van der Waals surface area (Å²) in [6, 6.07) is 24.5. The minimum absolute atomic E-state index is 0.196. The van der Waals surface area contributed by atoms with Gasteiger partial charge in [-0.2, -0.15) is 0 Å². The smallest absolute Gasteiger partial charge is 0.274 e. The quantitative estimate of drug-likeness (QED) is 0.274. The maximum atomic E-state index is 12.5. The van der Waals surface area contributed by atoms with Crippen LogP contribution in [0.3, 0.4) is 0 Å². The summed E-state index contributed by atoms with van der Waals surface area (Å²) in [4.78, 5) is 23.9. The van der Waals surface area contributed by atoms with E-state index >= 15 is 0 Å². The van der Waals surface area contributed by atoms with Gasteiger partial charge in [0, 0.05) is 40.0 Å². The molecule has 0 aliphatic rings. The second kappa shape index (κ2) is 8.60. The first-order chi connectivity index (χ1) is 16.1. The molecule has 0 atom stereocenters. The van der Waals surface area contributed by atoms with E-state index in [1.807, 2.05) is 24.3 Å². The van der Waals surface area contributed by atoms with Gasteiger partial charge in [0.2, 0.25) is 0 Å². The first-order valence-corrected chi connectivity index (χ1v) is 10.4. The SMILES string of the molecule is O=C(NO)c1ccc(CNC(=O)c2cc(Cn3c4ccccc4c4ccccc43)on2)cc1. The third-order valence-electron chi connectivity index (χ3n) is 5.56. The summed E-state index contributed by atoms with van der Waals surface area (Å²) < 4.78 is 7.61. The molecule has 2 heterocycles. The highest BCUT2D eigenvalue weighted by Crippen LogP contribution is 2.29. The monoisotopic (exact) mass is 440 g/mol. The molecule has 2 aromatic heterocycles. The number of hydroxylamine groups is 1. The van der Waals surface area contributed by atoms with E-state index < -0.39 is 5.91 Å². The van der Waals surface area contributed by atoms with Crippen LogP contribution in [0.5, 0.6) is 0 Å². The molecule has 0 fully saturated rings. The van der Waals surface area contributed by atoms with Gasteiger partial charge < -0.3 is 14.4 Å². The normalized spacial score (nSPS) is 11.1. The molecule has 0 aliphatic carbocycles. The summed E-state index contributed by atoms with van der Waals surface area (Å²) in [6.07, 6.45) is 0. The number of hydrogen-bond donors (Lipinski definition) is 3. The van der Waals surface area contributed by atoms with Crippen molar-refractivity contribution in [1.82, 2.24) is 20.5 Å². The molecule has 8 heteroatoms. The number of nitrogens with zero attached hydrogens (tertiary/aromatic N) is 2. The third kappa shape index (κ3) is 3.95. The molecule has 8 nitrogen and oxygen atoms in total. The molecule has 0 saturated carbocycles. The van der Waals surface area contributed by atoms with E-state index in [2.05, 4.69) is 39.3 Å². The Morgan fingerprint density at radius 3 is 2.15 bits per heavy atom. The van der Waals surface area contributed by atoms with Crippen LogP contribution in [0.1, 0.15) is 32.2 Å². The van der Waals surface area contributed by atoms with Crippen molar-refractivity contribution in [2.24, 2.45) is 0 Å². The number of hydrogen-bond acceptors (Lipinski definition) is 5. The number of carbonyl (C=O) groups excluding carboxylic acids is 2. The van der Waals surface area contributed by atoms with E-state index in [1.54, 1.807) is 35.8 Å². The second-order valence-electron chi connectivity index (χ2n) is 7.62. The molecule has 5 aromatic rings. The van der Waals surface area contributed by atoms with Gasteiger partial charge in [-0.25, -0.2) is 5.48 Å². The summed E-state index contributed by atoms with van der Waals surface area (Å²) in [5.74, 6) is -0.376. The number of amides is 2. The lowest BCUT2D eigenvalue weighted by molar-refractivity contribution is 0.0706. The van der Waals surface area contributed by atoms with Crippen molar-refractivity contribution in [2.45, 2.75) is 13.1 Å². The average Bonchev–Trinajstić information content (AvgIpc) is 3.46. The number of nitrogens with one attached hydrogen (secondary N) is 2. The fourth-order valence-corrected chi connectivity index (χ4v) is 3.94. The Kier molecular flexibility index (Phi) is 5.34. The Labute approximate surface area is 188 Å². The number of fused-ring (bicyclic) bond motifs is 3. The molecular weight excluding hydrogens is 420 g/mol. The number of benzene rings is 3. The molecule has 3 N–H and O–H groups in total. The number of carbonyl (C=O) groups is 2. The molecule has 0 unspecified atom stereocenters. The van der Waals surface area contributed by atoms with Gasteiger partial charge in [0.05, 0.1) is 6.54 Å². The topological polar surface area (TPSA) is 109 Å². The molecule has 3 aromatic carbocycles. The van der Waals surface area contributed by atoms with Gasteiger partial charge in [-0.3, -0.25) is 14.8 Å². The van der Waals surface area contributed by atoms with Crippen molar-refractivity contribution >= 4 is 33.6 Å². The van der Waals surface area contributed by atoms with Crippen molar-refractivity contribution in [3.05, 3.63) is 101 Å². The van der Waals surface area contributed by atoms with Crippen molar-refractivity contribution < 1.29 is 19.3 Å². The largest absolute Gasteiger partial charge is 0.359 e. The summed E-state index contributed by atoms with van der Waals surface area (Å²) >= 11 is 0. The summed E-state index contributed by atoms with van der Waals surface area (Å²) in [5.41, 5.74) is 5.06. The zero-order valence-corrected chi connectivity index (χ0v) is 17.5. The molecule has 0 spiro atoms. The van der Waals surface area contributed by atoms with Gasteiger partial charge >= 0.3 is 0 Å². The van der Waals surface area contributed by atoms with Gasteiger partial charge in [0.25, 0.3) is 11.8 Å². The molecule has 0 saturated heterocycles. The number of para-hydroxylation sites is 2. The van der Waals surface area contributed by atoms with E-state index in [9.17, 15) is 9.59 Å². The highest BCUT2D eigenvalue weighted by Gasteiger charge is 2.16. The third-order valence-corrected chi connectivity index (χ3v) is 5.56. The van der Waals surface area contributed by atoms with Crippen LogP contribution in [0.15, 0.2) is 83.4 Å². The van der Waals surface area contributed by atoms with Crippen molar-refractivity contribution in [1.29, 1.82) is 0 Å². The Hall–Kier alpha value is -4.43. The zero-order valence-electron chi connectivity index (χ0n) is 17.5. The lowest BCUT2D eigenvalue weighted by Gasteiger charge is -2.05. The molecular formula is C25H20N4O4. The molecule has 0 radical (unpaired) electrons. The number of aromatic nitrogens is 2. The first-order valence-electron chi connectivity index (χ1n) is 10.4. The molecule has 0 aliphatic heterocycles. The second-order valence-corrected chi connectivity index (χ2v) is 7.62. The van der Waals surface area contributed by atoms with Crippen LogP contribution in [-0.2, 0) is 13.1 Å². The summed E-state index contributed by atoms with van der Waals surface area (Å²) in [7, 11) is 0. The lowest BCUT2D eigenvalue weighted by Crippen LogP contribution is -2.23. The van der Waals surface area contributed by atoms with Crippen LogP contribution < -0.4 is 10.8 Å². The van der Waals surface area contributed by atoms with Gasteiger partial charge in [-0.15, -0.1) is 0 Å². The number of rotatable bonds is 6. The predicted molar refractivity (Wildman–Crippen MR) is 122 cm³/mol. The van der Waals surface area contributed by atoms with Crippen molar-refractivity contribution in [2.75, 3.05) is 0 Å². The summed E-state index contributed by atoms with van der Waals surface area (Å²) in [5, 5.41) is 17.7.